The first-order chi connectivity index (χ1) is 13.7. The van der Waals surface area contributed by atoms with Crippen LogP contribution in [0.2, 0.25) is 0 Å². The summed E-state index contributed by atoms with van der Waals surface area (Å²) in [5, 5.41) is 3.30. The summed E-state index contributed by atoms with van der Waals surface area (Å²) in [4.78, 5) is 20.3. The number of hydrogen-bond acceptors (Lipinski definition) is 5. The second kappa shape index (κ2) is 6.41. The monoisotopic (exact) mass is 373 g/mol. The van der Waals surface area contributed by atoms with E-state index in [-0.39, 0.29) is 5.82 Å². The number of benzene rings is 2. The summed E-state index contributed by atoms with van der Waals surface area (Å²) in [5.74, 6) is 1.14. The highest BCUT2D eigenvalue weighted by atomic mass is 19.1. The fraction of sp³-hybridized carbons (Fsp3) is 0.100. The first-order valence-corrected chi connectivity index (χ1v) is 8.82. The van der Waals surface area contributed by atoms with Crippen LogP contribution in [-0.4, -0.2) is 29.5 Å². The lowest BCUT2D eigenvalue weighted by Gasteiger charge is -2.12. The first-order valence-electron chi connectivity index (χ1n) is 8.82. The lowest BCUT2D eigenvalue weighted by molar-refractivity contribution is 0.620. The van der Waals surface area contributed by atoms with Gasteiger partial charge in [-0.15, -0.1) is 0 Å². The van der Waals surface area contributed by atoms with Crippen molar-refractivity contribution in [2.45, 2.75) is 13.5 Å². The highest BCUT2D eigenvalue weighted by Gasteiger charge is 2.17. The fourth-order valence-electron chi connectivity index (χ4n) is 3.39. The molecule has 0 fully saturated rings. The van der Waals surface area contributed by atoms with Gasteiger partial charge in [0.2, 0.25) is 0 Å². The summed E-state index contributed by atoms with van der Waals surface area (Å²) in [6, 6.07) is 13.0. The second-order valence-corrected chi connectivity index (χ2v) is 6.42. The Morgan fingerprint density at radius 2 is 1.93 bits per heavy atom. The molecule has 0 atom stereocenters. The Hall–Kier alpha value is -3.81. The maximum absolute atomic E-state index is 14.3. The smallest absolute Gasteiger partial charge is 0.182 e. The Morgan fingerprint density at radius 1 is 1.07 bits per heavy atom. The summed E-state index contributed by atoms with van der Waals surface area (Å²) >= 11 is 0. The van der Waals surface area contributed by atoms with E-state index in [4.69, 9.17) is 4.98 Å². The first kappa shape index (κ1) is 16.4. The third-order valence-electron chi connectivity index (χ3n) is 4.73. The molecule has 2 N–H and O–H groups in total. The van der Waals surface area contributed by atoms with E-state index in [0.717, 1.165) is 28.1 Å². The van der Waals surface area contributed by atoms with Crippen LogP contribution < -0.4 is 5.32 Å². The number of nitrogens with one attached hydrogen (secondary N) is 2. The van der Waals surface area contributed by atoms with Crippen molar-refractivity contribution in [3.05, 3.63) is 72.3 Å². The lowest BCUT2D eigenvalue weighted by Crippen LogP contribution is -2.09. The minimum atomic E-state index is -0.251. The molecule has 0 spiro atoms. The van der Waals surface area contributed by atoms with Crippen molar-refractivity contribution in [1.82, 2.24) is 29.5 Å². The molecule has 2 aromatic carbocycles. The van der Waals surface area contributed by atoms with Gasteiger partial charge >= 0.3 is 0 Å². The summed E-state index contributed by atoms with van der Waals surface area (Å²) in [7, 11) is 0. The van der Waals surface area contributed by atoms with Gasteiger partial charge in [0.25, 0.3) is 0 Å². The zero-order valence-electron chi connectivity index (χ0n) is 15.0. The number of anilines is 1. The minimum absolute atomic E-state index is 0.251. The molecule has 0 saturated heterocycles. The molecule has 0 saturated carbocycles. The lowest BCUT2D eigenvalue weighted by atomic mass is 10.2. The summed E-state index contributed by atoms with van der Waals surface area (Å²) in [6.07, 6.45) is 3.04. The number of imidazole rings is 2. The molecule has 138 valence electrons. The van der Waals surface area contributed by atoms with Crippen LogP contribution in [0.3, 0.4) is 0 Å². The van der Waals surface area contributed by atoms with Crippen molar-refractivity contribution in [2.75, 3.05) is 5.32 Å². The summed E-state index contributed by atoms with van der Waals surface area (Å²) in [6.45, 7) is 2.17. The Bertz CT molecular complexity index is 1290. The van der Waals surface area contributed by atoms with Gasteiger partial charge in [0.15, 0.2) is 11.5 Å². The molecule has 0 radical (unpaired) electrons. The number of aromatic amines is 1. The van der Waals surface area contributed by atoms with Gasteiger partial charge in [-0.1, -0.05) is 18.2 Å². The number of hydrogen-bond donors (Lipinski definition) is 2. The molecule has 3 heterocycles. The largest absolute Gasteiger partial charge is 0.361 e. The van der Waals surface area contributed by atoms with Crippen LogP contribution in [0.15, 0.2) is 55.1 Å². The van der Waals surface area contributed by atoms with Gasteiger partial charge in [-0.2, -0.15) is 0 Å². The molecular formula is C20H16FN7. The number of rotatable bonds is 4. The van der Waals surface area contributed by atoms with Crippen molar-refractivity contribution in [2.24, 2.45) is 0 Å². The standard InChI is InChI=1S/C20H16FN7/c1-12-14(21)7-8-15-18(12)28(13-5-3-2-4-6-13)16(27-15)9-22-19-17-20(24-10-23-17)26-11-25-19/h2-8,10-11H,9H2,1H3,(H2,22,23,24,25,26). The zero-order chi connectivity index (χ0) is 19.1. The molecular weight excluding hydrogens is 357 g/mol. The van der Waals surface area contributed by atoms with E-state index in [1.54, 1.807) is 19.3 Å². The van der Waals surface area contributed by atoms with Gasteiger partial charge < -0.3 is 10.3 Å². The second-order valence-electron chi connectivity index (χ2n) is 6.42. The maximum Gasteiger partial charge on any atom is 0.182 e. The predicted molar refractivity (Wildman–Crippen MR) is 105 cm³/mol. The molecule has 3 aromatic heterocycles. The Morgan fingerprint density at radius 3 is 2.79 bits per heavy atom. The van der Waals surface area contributed by atoms with E-state index in [2.05, 4.69) is 25.3 Å². The average Bonchev–Trinajstić information content (AvgIpc) is 3.35. The third kappa shape index (κ3) is 2.58. The summed E-state index contributed by atoms with van der Waals surface area (Å²) < 4.78 is 16.2. The summed E-state index contributed by atoms with van der Waals surface area (Å²) in [5.41, 5.74) is 4.31. The molecule has 0 aliphatic carbocycles. The number of fused-ring (bicyclic) bond motifs is 2. The molecule has 8 heteroatoms. The van der Waals surface area contributed by atoms with Crippen molar-refractivity contribution >= 4 is 28.0 Å². The van der Waals surface area contributed by atoms with E-state index in [1.807, 2.05) is 34.9 Å². The van der Waals surface area contributed by atoms with Crippen molar-refractivity contribution in [3.63, 3.8) is 0 Å². The number of halogens is 1. The van der Waals surface area contributed by atoms with Gasteiger partial charge in [-0.3, -0.25) is 4.57 Å². The fourth-order valence-corrected chi connectivity index (χ4v) is 3.39. The maximum atomic E-state index is 14.3. The number of aryl methyl sites for hydroxylation is 1. The Balaban J connectivity index is 1.63. The third-order valence-corrected chi connectivity index (χ3v) is 4.73. The molecule has 5 rings (SSSR count). The van der Waals surface area contributed by atoms with E-state index in [1.165, 1.54) is 12.4 Å². The zero-order valence-corrected chi connectivity index (χ0v) is 15.0. The van der Waals surface area contributed by atoms with E-state index >= 15 is 0 Å². The molecule has 0 bridgehead atoms. The number of aromatic nitrogens is 6. The van der Waals surface area contributed by atoms with Gasteiger partial charge in [0.1, 0.15) is 23.5 Å². The van der Waals surface area contributed by atoms with Gasteiger partial charge in [-0.25, -0.2) is 24.3 Å². The molecule has 0 amide bonds. The highest BCUT2D eigenvalue weighted by molar-refractivity contribution is 5.83. The Kier molecular flexibility index (Phi) is 3.75. The van der Waals surface area contributed by atoms with E-state index < -0.39 is 0 Å². The van der Waals surface area contributed by atoms with Crippen LogP contribution in [-0.2, 0) is 6.54 Å². The molecule has 5 aromatic rings. The predicted octanol–water partition coefficient (Wildman–Crippen LogP) is 3.75. The normalized spacial score (nSPS) is 11.4. The number of para-hydroxylation sites is 1. The van der Waals surface area contributed by atoms with Crippen LogP contribution in [0.4, 0.5) is 10.2 Å². The molecule has 0 aliphatic rings. The molecule has 7 nitrogen and oxygen atoms in total. The highest BCUT2D eigenvalue weighted by Crippen LogP contribution is 2.27. The quantitative estimate of drug-likeness (QED) is 0.501. The van der Waals surface area contributed by atoms with Gasteiger partial charge in [0.05, 0.1) is 23.9 Å². The van der Waals surface area contributed by atoms with E-state index in [9.17, 15) is 4.39 Å². The van der Waals surface area contributed by atoms with Crippen LogP contribution in [0.5, 0.6) is 0 Å². The molecule has 0 aliphatic heterocycles. The Labute approximate surface area is 159 Å². The molecule has 0 unspecified atom stereocenters. The minimum Gasteiger partial charge on any atom is -0.361 e. The number of H-pyrrole nitrogens is 1. The topological polar surface area (TPSA) is 84.3 Å². The van der Waals surface area contributed by atoms with Crippen LogP contribution in [0, 0.1) is 12.7 Å². The van der Waals surface area contributed by atoms with E-state index in [0.29, 0.717) is 23.6 Å². The SMILES string of the molecule is Cc1c(F)ccc2nc(CNc3ncnc4nc[nH]c34)n(-c3ccccc3)c12. The van der Waals surface area contributed by atoms with Gasteiger partial charge in [0, 0.05) is 11.3 Å². The van der Waals surface area contributed by atoms with Crippen LogP contribution in [0.1, 0.15) is 11.4 Å². The van der Waals surface area contributed by atoms with Crippen LogP contribution in [0.25, 0.3) is 27.9 Å². The van der Waals surface area contributed by atoms with Crippen molar-refractivity contribution in [3.8, 4) is 5.69 Å². The number of nitrogens with zero attached hydrogens (tertiary/aromatic N) is 5. The van der Waals surface area contributed by atoms with Gasteiger partial charge in [-0.05, 0) is 31.2 Å². The molecule has 28 heavy (non-hydrogen) atoms. The van der Waals surface area contributed by atoms with Crippen molar-refractivity contribution < 1.29 is 4.39 Å². The van der Waals surface area contributed by atoms with Crippen molar-refractivity contribution in [1.29, 1.82) is 0 Å². The van der Waals surface area contributed by atoms with Crippen LogP contribution >= 0.6 is 0 Å². The average molecular weight is 373 g/mol.